The number of ether oxygens (including phenoxy) is 2. The number of anilines is 1. The van der Waals surface area contributed by atoms with Crippen LogP contribution in [-0.4, -0.2) is 35.8 Å². The Morgan fingerprint density at radius 1 is 0.976 bits per heavy atom. The number of carbonyl (C=O) groups excluding carboxylic acids is 2. The Balaban J connectivity index is 1.08. The zero-order chi connectivity index (χ0) is 28.7. The van der Waals surface area contributed by atoms with Gasteiger partial charge in [-0.15, -0.1) is 0 Å². The number of nitrogens with zero attached hydrogens (tertiary/aromatic N) is 3. The number of carbonyl (C=O) groups is 2. The van der Waals surface area contributed by atoms with Crippen LogP contribution in [0.15, 0.2) is 77.5 Å². The number of halogens is 4. The number of hydrogen-bond acceptors (Lipinski definition) is 6. The van der Waals surface area contributed by atoms with Crippen LogP contribution in [0.3, 0.4) is 0 Å². The molecule has 6 rings (SSSR count). The van der Waals surface area contributed by atoms with E-state index >= 15 is 0 Å². The summed E-state index contributed by atoms with van der Waals surface area (Å²) in [7, 11) is 0. The van der Waals surface area contributed by atoms with Crippen LogP contribution in [0.25, 0.3) is 0 Å². The maximum absolute atomic E-state index is 13.7. The number of fused-ring (bicyclic) bond motifs is 2. The summed E-state index contributed by atoms with van der Waals surface area (Å²) < 4.78 is 63.8. The summed E-state index contributed by atoms with van der Waals surface area (Å²) >= 11 is 0. The van der Waals surface area contributed by atoms with Gasteiger partial charge >= 0.3 is 6.18 Å². The third kappa shape index (κ3) is 5.32. The lowest BCUT2D eigenvalue weighted by Gasteiger charge is -2.25. The van der Waals surface area contributed by atoms with E-state index in [1.165, 1.54) is 0 Å². The Bertz CT molecular complexity index is 1600. The summed E-state index contributed by atoms with van der Waals surface area (Å²) in [6.45, 7) is 1.47. The number of amides is 2. The molecule has 0 unspecified atom stereocenters. The van der Waals surface area contributed by atoms with Gasteiger partial charge in [-0.1, -0.05) is 18.2 Å². The van der Waals surface area contributed by atoms with Gasteiger partial charge in [0.15, 0.2) is 11.5 Å². The average Bonchev–Trinajstić information content (AvgIpc) is 3.56. The fourth-order valence-electron chi connectivity index (χ4n) is 4.76. The van der Waals surface area contributed by atoms with Gasteiger partial charge in [-0.05, 0) is 53.6 Å². The highest BCUT2D eigenvalue weighted by molar-refractivity contribution is 6.30. The Kier molecular flexibility index (Phi) is 6.60. The van der Waals surface area contributed by atoms with Crippen LogP contribution in [0.1, 0.15) is 33.5 Å². The van der Waals surface area contributed by atoms with Gasteiger partial charge in [-0.2, -0.15) is 23.3 Å². The number of hydrazone groups is 1. The van der Waals surface area contributed by atoms with Crippen LogP contribution in [0.4, 0.5) is 23.2 Å². The highest BCUT2D eigenvalue weighted by atomic mass is 19.4. The Morgan fingerprint density at radius 3 is 2.51 bits per heavy atom. The molecule has 0 aromatic heterocycles. The third-order valence-corrected chi connectivity index (χ3v) is 6.89. The van der Waals surface area contributed by atoms with Crippen molar-refractivity contribution in [3.63, 3.8) is 0 Å². The molecule has 1 N–H and O–H groups in total. The van der Waals surface area contributed by atoms with Gasteiger partial charge in [0, 0.05) is 37.8 Å². The quantitative estimate of drug-likeness (QED) is 0.425. The smallest absolute Gasteiger partial charge is 0.419 e. The van der Waals surface area contributed by atoms with Crippen LogP contribution in [0, 0.1) is 5.82 Å². The Hall–Kier alpha value is -4.87. The lowest BCUT2D eigenvalue weighted by atomic mass is 10.0. The standard InChI is InChI=1S/C29H22F4N4O4/c30-23-7-6-20(12-22(23)29(31,32)33)37-28(39)21-15-36(10-9-24(21)35-37)14-17-1-4-19(5-2-17)27(38)34-13-18-3-8-25-26(11-18)41-16-40-25/h1-8,11-12,15H,9-10,13-14,16H2,(H,34,38). The fraction of sp³-hybridized carbons (Fsp3) is 0.207. The zero-order valence-corrected chi connectivity index (χ0v) is 21.4. The molecule has 3 aromatic carbocycles. The molecule has 8 nitrogen and oxygen atoms in total. The van der Waals surface area contributed by atoms with E-state index in [1.807, 2.05) is 29.2 Å². The monoisotopic (exact) mass is 566 g/mol. The highest BCUT2D eigenvalue weighted by Crippen LogP contribution is 2.36. The van der Waals surface area contributed by atoms with Gasteiger partial charge in [0.05, 0.1) is 22.5 Å². The van der Waals surface area contributed by atoms with Gasteiger partial charge in [-0.3, -0.25) is 9.59 Å². The number of rotatable bonds is 6. The van der Waals surface area contributed by atoms with Crippen LogP contribution >= 0.6 is 0 Å². The minimum atomic E-state index is -4.90. The lowest BCUT2D eigenvalue weighted by molar-refractivity contribution is -0.140. The normalized spacial score (nSPS) is 16.0. The summed E-state index contributed by atoms with van der Waals surface area (Å²) in [6, 6.07) is 14.9. The summed E-state index contributed by atoms with van der Waals surface area (Å²) in [4.78, 5) is 27.5. The molecular formula is C29H22F4N4O4. The van der Waals surface area contributed by atoms with Gasteiger partial charge in [-0.25, -0.2) is 4.39 Å². The predicted molar refractivity (Wildman–Crippen MR) is 140 cm³/mol. The van der Waals surface area contributed by atoms with Crippen molar-refractivity contribution in [1.82, 2.24) is 10.2 Å². The molecule has 0 spiro atoms. The SMILES string of the molecule is O=C(NCc1ccc2c(c1)OCO2)c1ccc(CN2C=C3C(=O)N(c4ccc(F)c(C(F)(F)F)c4)N=C3CC2)cc1. The second-order valence-corrected chi connectivity index (χ2v) is 9.66. The van der Waals surface area contributed by atoms with E-state index in [0.717, 1.165) is 22.2 Å². The molecule has 41 heavy (non-hydrogen) atoms. The molecule has 0 atom stereocenters. The van der Waals surface area contributed by atoms with Crippen molar-refractivity contribution in [1.29, 1.82) is 0 Å². The number of nitrogens with one attached hydrogen (secondary N) is 1. The molecule has 0 radical (unpaired) electrons. The van der Waals surface area contributed by atoms with E-state index in [2.05, 4.69) is 10.4 Å². The minimum Gasteiger partial charge on any atom is -0.454 e. The van der Waals surface area contributed by atoms with E-state index in [-0.39, 0.29) is 24.0 Å². The van der Waals surface area contributed by atoms with Crippen molar-refractivity contribution in [2.75, 3.05) is 18.3 Å². The molecule has 0 aliphatic carbocycles. The first-order chi connectivity index (χ1) is 19.7. The number of alkyl halides is 3. The largest absolute Gasteiger partial charge is 0.454 e. The molecule has 210 valence electrons. The third-order valence-electron chi connectivity index (χ3n) is 6.89. The first kappa shape index (κ1) is 26.4. The summed E-state index contributed by atoms with van der Waals surface area (Å²) in [5.41, 5.74) is 1.36. The van der Waals surface area contributed by atoms with Crippen molar-refractivity contribution in [2.24, 2.45) is 5.10 Å². The van der Waals surface area contributed by atoms with Crippen LogP contribution in [0.2, 0.25) is 0 Å². The first-order valence-corrected chi connectivity index (χ1v) is 12.7. The maximum atomic E-state index is 13.7. The fourth-order valence-corrected chi connectivity index (χ4v) is 4.76. The molecule has 0 bridgehead atoms. The lowest BCUT2D eigenvalue weighted by Crippen LogP contribution is -2.29. The second-order valence-electron chi connectivity index (χ2n) is 9.66. The molecule has 3 aliphatic rings. The first-order valence-electron chi connectivity index (χ1n) is 12.7. The summed E-state index contributed by atoms with van der Waals surface area (Å²) in [6.07, 6.45) is -2.87. The van der Waals surface area contributed by atoms with E-state index in [1.54, 1.807) is 24.4 Å². The van der Waals surface area contributed by atoms with Crippen molar-refractivity contribution in [3.05, 3.63) is 101 Å². The average molecular weight is 567 g/mol. The summed E-state index contributed by atoms with van der Waals surface area (Å²) in [5, 5.41) is 7.95. The van der Waals surface area contributed by atoms with Crippen molar-refractivity contribution in [3.8, 4) is 11.5 Å². The second kappa shape index (κ2) is 10.3. The van der Waals surface area contributed by atoms with E-state index in [4.69, 9.17) is 9.47 Å². The molecule has 2 amide bonds. The van der Waals surface area contributed by atoms with E-state index in [0.29, 0.717) is 61.0 Å². The van der Waals surface area contributed by atoms with Gasteiger partial charge in [0.25, 0.3) is 11.8 Å². The van der Waals surface area contributed by atoms with Crippen LogP contribution in [-0.2, 0) is 24.1 Å². The maximum Gasteiger partial charge on any atom is 0.419 e. The van der Waals surface area contributed by atoms with Crippen LogP contribution < -0.4 is 19.8 Å². The molecule has 0 saturated carbocycles. The highest BCUT2D eigenvalue weighted by Gasteiger charge is 2.38. The Morgan fingerprint density at radius 2 is 1.73 bits per heavy atom. The molecule has 3 aromatic rings. The minimum absolute atomic E-state index is 0.162. The number of hydrogen-bond donors (Lipinski definition) is 1. The van der Waals surface area contributed by atoms with Crippen molar-refractivity contribution in [2.45, 2.75) is 25.7 Å². The predicted octanol–water partition coefficient (Wildman–Crippen LogP) is 5.00. The molecule has 0 fully saturated rings. The van der Waals surface area contributed by atoms with Crippen molar-refractivity contribution >= 4 is 23.2 Å². The van der Waals surface area contributed by atoms with Gasteiger partial charge in [0.1, 0.15) is 5.82 Å². The zero-order valence-electron chi connectivity index (χ0n) is 21.4. The molecule has 0 saturated heterocycles. The van der Waals surface area contributed by atoms with Crippen molar-refractivity contribution < 1.29 is 36.6 Å². The van der Waals surface area contributed by atoms with E-state index in [9.17, 15) is 27.2 Å². The number of benzene rings is 3. The molecular weight excluding hydrogens is 544 g/mol. The topological polar surface area (TPSA) is 83.5 Å². The summed E-state index contributed by atoms with van der Waals surface area (Å²) in [5.74, 6) is -0.924. The molecule has 3 heterocycles. The Labute approximate surface area is 231 Å². The van der Waals surface area contributed by atoms with Gasteiger partial charge in [0.2, 0.25) is 6.79 Å². The van der Waals surface area contributed by atoms with E-state index < -0.39 is 23.5 Å². The molecule has 3 aliphatic heterocycles. The van der Waals surface area contributed by atoms with Crippen LogP contribution in [0.5, 0.6) is 11.5 Å². The molecule has 12 heteroatoms. The van der Waals surface area contributed by atoms with Gasteiger partial charge < -0.3 is 19.7 Å².